The van der Waals surface area contributed by atoms with Crippen LogP contribution in [0.25, 0.3) is 11.8 Å². The van der Waals surface area contributed by atoms with E-state index in [4.69, 9.17) is 6.42 Å². The minimum atomic E-state index is -0.625. The number of benzene rings is 1. The zero-order valence-electron chi connectivity index (χ0n) is 21.3. The lowest BCUT2D eigenvalue weighted by Crippen LogP contribution is -2.48. The Morgan fingerprint density at radius 3 is 2.65 bits per heavy atom. The maximum Gasteiger partial charge on any atom is 0.270 e. The van der Waals surface area contributed by atoms with Crippen molar-refractivity contribution in [2.75, 3.05) is 63.6 Å². The number of rotatable bonds is 8. The molecular formula is C26H31N7O3S. The van der Waals surface area contributed by atoms with Gasteiger partial charge in [-0.3, -0.25) is 23.9 Å². The molecule has 2 amide bonds. The molecule has 1 saturated heterocycles. The maximum absolute atomic E-state index is 12.9. The summed E-state index contributed by atoms with van der Waals surface area (Å²) in [5.74, 6) is 1.67. The molecule has 194 valence electrons. The van der Waals surface area contributed by atoms with Gasteiger partial charge in [-0.15, -0.1) is 17.8 Å². The smallest absolute Gasteiger partial charge is 0.270 e. The second kappa shape index (κ2) is 12.9. The highest BCUT2D eigenvalue weighted by atomic mass is 32.1. The van der Waals surface area contributed by atoms with Gasteiger partial charge < -0.3 is 20.4 Å². The third-order valence-electron chi connectivity index (χ3n) is 6.06. The number of anilines is 2. The first-order chi connectivity index (χ1) is 17.8. The molecule has 2 aromatic rings. The minimum Gasteiger partial charge on any atom is -0.360 e. The molecule has 2 N–H and O–H groups in total. The molecule has 1 aromatic carbocycles. The fourth-order valence-corrected chi connectivity index (χ4v) is 4.89. The summed E-state index contributed by atoms with van der Waals surface area (Å²) >= 11 is 1.05. The lowest BCUT2D eigenvalue weighted by molar-refractivity contribution is -0.120. The predicted molar refractivity (Wildman–Crippen MR) is 146 cm³/mol. The number of amides is 2. The molecule has 1 fully saturated rings. The third kappa shape index (κ3) is 6.86. The van der Waals surface area contributed by atoms with E-state index in [2.05, 4.69) is 33.4 Å². The number of nitrogens with zero attached hydrogens (tertiary/aromatic N) is 5. The molecule has 0 aliphatic carbocycles. The van der Waals surface area contributed by atoms with Gasteiger partial charge >= 0.3 is 0 Å². The van der Waals surface area contributed by atoms with Gasteiger partial charge in [0.25, 0.3) is 11.5 Å². The summed E-state index contributed by atoms with van der Waals surface area (Å²) in [6, 6.07) is 9.21. The molecular weight excluding hydrogens is 490 g/mol. The number of likely N-dealkylation sites (N-methyl/N-ethyl adjacent to an activating group) is 2. The summed E-state index contributed by atoms with van der Waals surface area (Å²) in [7, 11) is 3.82. The van der Waals surface area contributed by atoms with Crippen LogP contribution in [-0.2, 0) is 16.1 Å². The summed E-state index contributed by atoms with van der Waals surface area (Å²) in [5, 5.41) is 15.1. The number of hydrogen-bond acceptors (Lipinski definition) is 8. The van der Waals surface area contributed by atoms with Gasteiger partial charge in [0.05, 0.1) is 13.1 Å². The standard InChI is InChI=1S/C26H31N7O3S/c1-5-10-28-24(35)21(16-27)26-33(6-2)25(36)22(37-26)17-29-19-8-7-9-20(15-19)31(4)23(34)18-32-13-11-30(3)12-14-32/h1,7-9,15,17,29H,6,10-14,18H2,2-4H3,(H,28,35). The van der Waals surface area contributed by atoms with E-state index in [9.17, 15) is 19.6 Å². The van der Waals surface area contributed by atoms with Gasteiger partial charge in [0.1, 0.15) is 15.3 Å². The molecule has 0 atom stereocenters. The van der Waals surface area contributed by atoms with Gasteiger partial charge in [-0.2, -0.15) is 5.26 Å². The number of nitrogens with one attached hydrogen (secondary N) is 2. The van der Waals surface area contributed by atoms with E-state index in [0.717, 1.165) is 43.2 Å². The number of carbonyl (C=O) groups is 2. The van der Waals surface area contributed by atoms with Crippen molar-refractivity contribution in [1.82, 2.24) is 19.7 Å². The average molecular weight is 522 g/mol. The molecule has 10 nitrogen and oxygen atoms in total. The highest BCUT2D eigenvalue weighted by Gasteiger charge is 2.19. The van der Waals surface area contributed by atoms with E-state index < -0.39 is 5.91 Å². The molecule has 0 bridgehead atoms. The Morgan fingerprint density at radius 1 is 1.27 bits per heavy atom. The molecule has 11 heteroatoms. The van der Waals surface area contributed by atoms with E-state index in [1.165, 1.54) is 4.57 Å². The molecule has 2 heterocycles. The predicted octanol–water partition coefficient (Wildman–Crippen LogP) is -0.586. The Bertz CT molecular complexity index is 1410. The van der Waals surface area contributed by atoms with Gasteiger partial charge in [-0.05, 0) is 32.2 Å². The van der Waals surface area contributed by atoms with E-state index in [0.29, 0.717) is 23.3 Å². The maximum atomic E-state index is 12.9. The van der Waals surface area contributed by atoms with Crippen LogP contribution in [0.5, 0.6) is 0 Å². The number of nitriles is 1. The molecule has 37 heavy (non-hydrogen) atoms. The Balaban J connectivity index is 1.82. The van der Waals surface area contributed by atoms with Crippen LogP contribution >= 0.6 is 11.3 Å². The van der Waals surface area contributed by atoms with Crippen LogP contribution < -0.4 is 30.3 Å². The molecule has 1 aromatic heterocycles. The Morgan fingerprint density at radius 2 is 2.00 bits per heavy atom. The normalized spacial score (nSPS) is 15.4. The highest BCUT2D eigenvalue weighted by molar-refractivity contribution is 7.07. The fourth-order valence-electron chi connectivity index (χ4n) is 3.81. The van der Waals surface area contributed by atoms with Crippen molar-refractivity contribution >= 4 is 46.3 Å². The Labute approximate surface area is 220 Å². The van der Waals surface area contributed by atoms with Crippen LogP contribution in [0.4, 0.5) is 11.4 Å². The Kier molecular flexibility index (Phi) is 9.64. The number of carbonyl (C=O) groups excluding carboxylic acids is 2. The molecule has 3 rings (SSSR count). The largest absolute Gasteiger partial charge is 0.360 e. The van der Waals surface area contributed by atoms with E-state index in [-0.39, 0.29) is 28.2 Å². The van der Waals surface area contributed by atoms with E-state index in [1.807, 2.05) is 30.3 Å². The number of terminal acetylenes is 1. The summed E-state index contributed by atoms with van der Waals surface area (Å²) in [6.45, 7) is 6.01. The van der Waals surface area contributed by atoms with Gasteiger partial charge in [-0.1, -0.05) is 12.0 Å². The second-order valence-electron chi connectivity index (χ2n) is 8.57. The molecule has 0 radical (unpaired) electrons. The summed E-state index contributed by atoms with van der Waals surface area (Å²) in [4.78, 5) is 44.2. The first-order valence-electron chi connectivity index (χ1n) is 11.9. The number of aromatic nitrogens is 1. The fraction of sp³-hybridized carbons (Fsp3) is 0.385. The van der Waals surface area contributed by atoms with E-state index in [1.54, 1.807) is 25.1 Å². The van der Waals surface area contributed by atoms with Gasteiger partial charge in [0.2, 0.25) is 5.91 Å². The molecule has 0 saturated carbocycles. The van der Waals surface area contributed by atoms with Crippen molar-refractivity contribution in [3.05, 3.63) is 43.8 Å². The molecule has 0 spiro atoms. The van der Waals surface area contributed by atoms with E-state index >= 15 is 0 Å². The van der Waals surface area contributed by atoms with Crippen molar-refractivity contribution in [2.45, 2.75) is 13.5 Å². The van der Waals surface area contributed by atoms with Crippen LogP contribution in [0.1, 0.15) is 6.92 Å². The van der Waals surface area contributed by atoms with Gasteiger partial charge in [-0.25, -0.2) is 0 Å². The second-order valence-corrected chi connectivity index (χ2v) is 9.60. The van der Waals surface area contributed by atoms with Crippen molar-refractivity contribution in [1.29, 1.82) is 5.26 Å². The summed E-state index contributed by atoms with van der Waals surface area (Å²) in [6.07, 6.45) is 6.72. The third-order valence-corrected chi connectivity index (χ3v) is 7.19. The first kappa shape index (κ1) is 27.7. The quantitative estimate of drug-likeness (QED) is 0.447. The first-order valence-corrected chi connectivity index (χ1v) is 12.7. The average Bonchev–Trinajstić information content (AvgIpc) is 3.22. The van der Waals surface area contributed by atoms with Crippen molar-refractivity contribution in [2.24, 2.45) is 0 Å². The molecule has 0 unspecified atom stereocenters. The number of hydrogen-bond donors (Lipinski definition) is 2. The summed E-state index contributed by atoms with van der Waals surface area (Å²) < 4.78 is 1.98. The monoisotopic (exact) mass is 521 g/mol. The topological polar surface area (TPSA) is 114 Å². The van der Waals surface area contributed by atoms with Crippen LogP contribution in [0, 0.1) is 23.7 Å². The van der Waals surface area contributed by atoms with Crippen molar-refractivity contribution in [3.63, 3.8) is 0 Å². The minimum absolute atomic E-state index is 0.00194. The molecule has 1 aliphatic rings. The zero-order chi connectivity index (χ0) is 26.9. The van der Waals surface area contributed by atoms with Crippen LogP contribution in [-0.4, -0.2) is 79.5 Å². The lowest BCUT2D eigenvalue weighted by Gasteiger charge is -2.32. The van der Waals surface area contributed by atoms with Crippen LogP contribution in [0.2, 0.25) is 0 Å². The van der Waals surface area contributed by atoms with Crippen LogP contribution in [0.3, 0.4) is 0 Å². The molecule has 1 aliphatic heterocycles. The highest BCUT2D eigenvalue weighted by Crippen LogP contribution is 2.19. The van der Waals surface area contributed by atoms with Crippen molar-refractivity contribution in [3.8, 4) is 18.4 Å². The number of piperazine rings is 1. The zero-order valence-corrected chi connectivity index (χ0v) is 22.1. The van der Waals surface area contributed by atoms with Gasteiger partial charge in [0, 0.05) is 57.3 Å². The Hall–Kier alpha value is -3.90. The van der Waals surface area contributed by atoms with Crippen LogP contribution in [0.15, 0.2) is 29.1 Å². The van der Waals surface area contributed by atoms with Crippen molar-refractivity contribution < 1.29 is 9.59 Å². The number of thiazole rings is 1. The van der Waals surface area contributed by atoms with Gasteiger partial charge in [0.15, 0.2) is 5.57 Å². The SMILES string of the molecule is C#CCNC(=O)C(C#N)=c1sc(=CNc2cccc(N(C)C(=O)CN3CCN(C)CC3)c2)c(=O)n1CC. The summed E-state index contributed by atoms with van der Waals surface area (Å²) in [5.41, 5.74) is 0.926. The lowest BCUT2D eigenvalue weighted by atomic mass is 10.2.